The van der Waals surface area contributed by atoms with Crippen LogP contribution in [0.4, 0.5) is 5.69 Å². The van der Waals surface area contributed by atoms with Gasteiger partial charge in [0.2, 0.25) is 5.91 Å². The summed E-state index contributed by atoms with van der Waals surface area (Å²) < 4.78 is 0.977. The molecular weight excluding hydrogens is 291 g/mol. The maximum Gasteiger partial charge on any atom is 0.228 e. The van der Waals surface area contributed by atoms with Gasteiger partial charge in [0.05, 0.1) is 5.92 Å². The second-order valence-electron chi connectivity index (χ2n) is 3.69. The number of halogens is 2. The van der Waals surface area contributed by atoms with E-state index in [4.69, 9.17) is 0 Å². The number of nitrogens with one attached hydrogen (secondary N) is 2. The first-order valence-electron chi connectivity index (χ1n) is 5.03. The van der Waals surface area contributed by atoms with Crippen LogP contribution in [0.5, 0.6) is 0 Å². The van der Waals surface area contributed by atoms with Gasteiger partial charge in [-0.3, -0.25) is 4.79 Å². The van der Waals surface area contributed by atoms with E-state index in [-0.39, 0.29) is 24.2 Å². The van der Waals surface area contributed by atoms with E-state index >= 15 is 0 Å². The summed E-state index contributed by atoms with van der Waals surface area (Å²) in [5.41, 5.74) is 0.848. The summed E-state index contributed by atoms with van der Waals surface area (Å²) in [5, 5.41) is 6.10. The van der Waals surface area contributed by atoms with Crippen molar-refractivity contribution in [2.75, 3.05) is 18.4 Å². The second kappa shape index (κ2) is 6.23. The highest BCUT2D eigenvalue weighted by Crippen LogP contribution is 2.17. The van der Waals surface area contributed by atoms with E-state index in [1.807, 2.05) is 24.3 Å². The summed E-state index contributed by atoms with van der Waals surface area (Å²) in [7, 11) is 0. The number of hydrogen-bond donors (Lipinski definition) is 2. The van der Waals surface area contributed by atoms with Gasteiger partial charge >= 0.3 is 0 Å². The van der Waals surface area contributed by atoms with Crippen molar-refractivity contribution >= 4 is 39.9 Å². The highest BCUT2D eigenvalue weighted by Gasteiger charge is 2.22. The molecule has 0 saturated carbocycles. The van der Waals surface area contributed by atoms with Crippen LogP contribution >= 0.6 is 28.3 Å². The van der Waals surface area contributed by atoms with Crippen LogP contribution in [0.1, 0.15) is 6.42 Å². The molecular formula is C11H14BrClN2O. The molecule has 1 aromatic carbocycles. The number of benzene rings is 1. The van der Waals surface area contributed by atoms with Crippen molar-refractivity contribution in [1.29, 1.82) is 0 Å². The normalized spacial score (nSPS) is 18.9. The Bertz CT molecular complexity index is 367. The molecule has 5 heteroatoms. The molecule has 1 heterocycles. The van der Waals surface area contributed by atoms with Crippen molar-refractivity contribution in [1.82, 2.24) is 5.32 Å². The molecule has 88 valence electrons. The van der Waals surface area contributed by atoms with Crippen molar-refractivity contribution < 1.29 is 4.79 Å². The summed E-state index contributed by atoms with van der Waals surface area (Å²) in [6.45, 7) is 1.73. The van der Waals surface area contributed by atoms with Crippen LogP contribution in [0.2, 0.25) is 0 Å². The first-order valence-corrected chi connectivity index (χ1v) is 5.82. The van der Waals surface area contributed by atoms with Crippen LogP contribution in [0.25, 0.3) is 0 Å². The quantitative estimate of drug-likeness (QED) is 0.881. The Labute approximate surface area is 110 Å². The SMILES string of the molecule is Cl.O=C(Nc1cccc(Br)c1)[C@@H]1CCNC1. The molecule has 2 N–H and O–H groups in total. The molecule has 16 heavy (non-hydrogen) atoms. The largest absolute Gasteiger partial charge is 0.326 e. The van der Waals surface area contributed by atoms with Crippen LogP contribution in [0, 0.1) is 5.92 Å². The minimum absolute atomic E-state index is 0. The Hall–Kier alpha value is -0.580. The number of rotatable bonds is 2. The number of carbonyl (C=O) groups is 1. The van der Waals surface area contributed by atoms with Crippen LogP contribution in [0.3, 0.4) is 0 Å². The highest BCUT2D eigenvalue weighted by molar-refractivity contribution is 9.10. The molecule has 3 nitrogen and oxygen atoms in total. The van der Waals surface area contributed by atoms with Crippen molar-refractivity contribution in [3.8, 4) is 0 Å². The van der Waals surface area contributed by atoms with E-state index < -0.39 is 0 Å². The van der Waals surface area contributed by atoms with E-state index in [0.29, 0.717) is 0 Å². The maximum atomic E-state index is 11.8. The smallest absolute Gasteiger partial charge is 0.228 e. The summed E-state index contributed by atoms with van der Waals surface area (Å²) in [5.74, 6) is 0.224. The Morgan fingerprint density at radius 1 is 1.50 bits per heavy atom. The van der Waals surface area contributed by atoms with Gasteiger partial charge in [0, 0.05) is 16.7 Å². The number of amides is 1. The zero-order chi connectivity index (χ0) is 10.7. The van der Waals surface area contributed by atoms with Gasteiger partial charge in [-0.25, -0.2) is 0 Å². The molecule has 1 aromatic rings. The van der Waals surface area contributed by atoms with Crippen LogP contribution in [0.15, 0.2) is 28.7 Å². The fraction of sp³-hybridized carbons (Fsp3) is 0.364. The topological polar surface area (TPSA) is 41.1 Å². The summed E-state index contributed by atoms with van der Waals surface area (Å²) in [6.07, 6.45) is 0.930. The lowest BCUT2D eigenvalue weighted by Crippen LogP contribution is -2.24. The van der Waals surface area contributed by atoms with Gasteiger partial charge in [0.25, 0.3) is 0 Å². The van der Waals surface area contributed by atoms with Crippen LogP contribution < -0.4 is 10.6 Å². The Morgan fingerprint density at radius 2 is 2.31 bits per heavy atom. The predicted molar refractivity (Wildman–Crippen MR) is 71.0 cm³/mol. The van der Waals surface area contributed by atoms with Crippen molar-refractivity contribution in [3.63, 3.8) is 0 Å². The molecule has 0 spiro atoms. The van der Waals surface area contributed by atoms with Gasteiger partial charge in [0.15, 0.2) is 0 Å². The molecule has 0 bridgehead atoms. The fourth-order valence-electron chi connectivity index (χ4n) is 1.69. The van der Waals surface area contributed by atoms with Gasteiger partial charge in [-0.1, -0.05) is 22.0 Å². The molecule has 0 radical (unpaired) electrons. The Morgan fingerprint density at radius 3 is 2.94 bits per heavy atom. The van der Waals surface area contributed by atoms with Gasteiger partial charge < -0.3 is 10.6 Å². The van der Waals surface area contributed by atoms with Crippen LogP contribution in [-0.4, -0.2) is 19.0 Å². The lowest BCUT2D eigenvalue weighted by atomic mass is 10.1. The van der Waals surface area contributed by atoms with Gasteiger partial charge in [-0.2, -0.15) is 0 Å². The maximum absolute atomic E-state index is 11.8. The molecule has 2 rings (SSSR count). The molecule has 1 amide bonds. The summed E-state index contributed by atoms with van der Waals surface area (Å²) >= 11 is 3.37. The third kappa shape index (κ3) is 3.47. The predicted octanol–water partition coefficient (Wildman–Crippen LogP) is 2.42. The third-order valence-corrected chi connectivity index (χ3v) is 3.02. The number of hydrogen-bond acceptors (Lipinski definition) is 2. The molecule has 1 atom stereocenters. The lowest BCUT2D eigenvalue weighted by Gasteiger charge is -2.09. The lowest BCUT2D eigenvalue weighted by molar-refractivity contribution is -0.119. The van der Waals surface area contributed by atoms with E-state index in [2.05, 4.69) is 26.6 Å². The summed E-state index contributed by atoms with van der Waals surface area (Å²) in [6, 6.07) is 7.64. The molecule has 1 aliphatic rings. The van der Waals surface area contributed by atoms with Crippen molar-refractivity contribution in [2.45, 2.75) is 6.42 Å². The highest BCUT2D eigenvalue weighted by atomic mass is 79.9. The molecule has 1 fully saturated rings. The zero-order valence-corrected chi connectivity index (χ0v) is 11.1. The molecule has 0 unspecified atom stereocenters. The van der Waals surface area contributed by atoms with Gasteiger partial charge in [0.1, 0.15) is 0 Å². The first kappa shape index (κ1) is 13.5. The summed E-state index contributed by atoms with van der Waals surface area (Å²) in [4.78, 5) is 11.8. The average molecular weight is 306 g/mol. The van der Waals surface area contributed by atoms with Crippen molar-refractivity contribution in [3.05, 3.63) is 28.7 Å². The van der Waals surface area contributed by atoms with E-state index in [0.717, 1.165) is 29.7 Å². The molecule has 0 aromatic heterocycles. The number of anilines is 1. The minimum Gasteiger partial charge on any atom is -0.326 e. The number of carbonyl (C=O) groups excluding carboxylic acids is 1. The first-order chi connectivity index (χ1) is 7.25. The van der Waals surface area contributed by atoms with E-state index in [9.17, 15) is 4.79 Å². The second-order valence-corrected chi connectivity index (χ2v) is 4.60. The Balaban J connectivity index is 0.00000128. The monoisotopic (exact) mass is 304 g/mol. The molecule has 1 saturated heterocycles. The fourth-order valence-corrected chi connectivity index (χ4v) is 2.09. The standard InChI is InChI=1S/C11H13BrN2O.ClH/c12-9-2-1-3-10(6-9)14-11(15)8-4-5-13-7-8;/h1-3,6,8,13H,4-5,7H2,(H,14,15);1H/t8-;/m1./s1. The van der Waals surface area contributed by atoms with Crippen molar-refractivity contribution in [2.24, 2.45) is 5.92 Å². The van der Waals surface area contributed by atoms with Gasteiger partial charge in [-0.15, -0.1) is 12.4 Å². The van der Waals surface area contributed by atoms with Gasteiger partial charge in [-0.05, 0) is 31.2 Å². The van der Waals surface area contributed by atoms with Crippen LogP contribution in [-0.2, 0) is 4.79 Å². The average Bonchev–Trinajstić information content (AvgIpc) is 2.70. The third-order valence-electron chi connectivity index (χ3n) is 2.52. The van der Waals surface area contributed by atoms with E-state index in [1.165, 1.54) is 0 Å². The zero-order valence-electron chi connectivity index (χ0n) is 8.70. The molecule has 1 aliphatic heterocycles. The Kier molecular flexibility index (Phi) is 5.25. The molecule has 0 aliphatic carbocycles. The minimum atomic E-state index is 0. The van der Waals surface area contributed by atoms with E-state index in [1.54, 1.807) is 0 Å².